The smallest absolute Gasteiger partial charge is 0.281 e. The predicted octanol–water partition coefficient (Wildman–Crippen LogP) is 0.171. The molecule has 0 spiro atoms. The first kappa shape index (κ1) is 16.4. The standard InChI is InChI=1S/C13H25N5O2S/c1-16-10-12(9-15-16)11-18(3)21(19,20)17(2)8-4-7-14-13-5-6-13/h9-10,13-14H,4-8,11H2,1-3H3. The molecule has 1 N–H and O–H groups in total. The molecule has 1 heterocycles. The summed E-state index contributed by atoms with van der Waals surface area (Å²) < 4.78 is 29.2. The molecule has 1 saturated carbocycles. The molecule has 0 radical (unpaired) electrons. The molecule has 1 aromatic heterocycles. The van der Waals surface area contributed by atoms with Gasteiger partial charge in [-0.25, -0.2) is 0 Å². The molecular weight excluding hydrogens is 290 g/mol. The Labute approximate surface area is 127 Å². The SMILES string of the molecule is CN(CCCNC1CC1)S(=O)(=O)N(C)Cc1cnn(C)c1. The van der Waals surface area contributed by atoms with Crippen LogP contribution in [0.3, 0.4) is 0 Å². The van der Waals surface area contributed by atoms with E-state index in [4.69, 9.17) is 0 Å². The van der Waals surface area contributed by atoms with Crippen LogP contribution in [0.1, 0.15) is 24.8 Å². The molecule has 0 unspecified atom stereocenters. The quantitative estimate of drug-likeness (QED) is 0.660. The zero-order valence-electron chi connectivity index (χ0n) is 13.0. The molecule has 1 aromatic rings. The summed E-state index contributed by atoms with van der Waals surface area (Å²) in [5.74, 6) is 0. The van der Waals surface area contributed by atoms with Crippen LogP contribution in [-0.2, 0) is 23.8 Å². The van der Waals surface area contributed by atoms with Gasteiger partial charge in [-0.05, 0) is 25.8 Å². The number of nitrogens with one attached hydrogen (secondary N) is 1. The molecule has 1 aliphatic rings. The summed E-state index contributed by atoms with van der Waals surface area (Å²) in [5, 5.41) is 7.44. The van der Waals surface area contributed by atoms with Gasteiger partial charge in [0.05, 0.1) is 6.20 Å². The van der Waals surface area contributed by atoms with Gasteiger partial charge in [0.1, 0.15) is 0 Å². The van der Waals surface area contributed by atoms with Crippen molar-refractivity contribution in [2.45, 2.75) is 31.8 Å². The minimum atomic E-state index is -3.41. The lowest BCUT2D eigenvalue weighted by Gasteiger charge is -2.24. The van der Waals surface area contributed by atoms with Crippen LogP contribution in [0.2, 0.25) is 0 Å². The summed E-state index contributed by atoms with van der Waals surface area (Å²) in [7, 11) is 1.63. The highest BCUT2D eigenvalue weighted by Crippen LogP contribution is 2.18. The largest absolute Gasteiger partial charge is 0.314 e. The fourth-order valence-corrected chi connectivity index (χ4v) is 3.29. The van der Waals surface area contributed by atoms with Crippen molar-refractivity contribution in [3.05, 3.63) is 18.0 Å². The third-order valence-electron chi connectivity index (χ3n) is 3.61. The van der Waals surface area contributed by atoms with Crippen LogP contribution in [0.25, 0.3) is 0 Å². The van der Waals surface area contributed by atoms with Crippen molar-refractivity contribution in [2.75, 3.05) is 27.2 Å². The van der Waals surface area contributed by atoms with Gasteiger partial charge in [-0.15, -0.1) is 0 Å². The summed E-state index contributed by atoms with van der Waals surface area (Å²) in [6.45, 7) is 1.73. The van der Waals surface area contributed by atoms with E-state index in [-0.39, 0.29) is 0 Å². The molecular formula is C13H25N5O2S. The van der Waals surface area contributed by atoms with E-state index in [1.807, 2.05) is 13.2 Å². The lowest BCUT2D eigenvalue weighted by Crippen LogP contribution is -2.40. The van der Waals surface area contributed by atoms with Crippen LogP contribution in [0, 0.1) is 0 Å². The van der Waals surface area contributed by atoms with Crippen molar-refractivity contribution < 1.29 is 8.42 Å². The van der Waals surface area contributed by atoms with E-state index in [1.165, 1.54) is 21.5 Å². The zero-order chi connectivity index (χ0) is 15.5. The lowest BCUT2D eigenvalue weighted by molar-refractivity contribution is 0.384. The Hall–Kier alpha value is -0.960. The van der Waals surface area contributed by atoms with Gasteiger partial charge in [0, 0.05) is 52.0 Å². The normalized spacial score (nSPS) is 16.0. The summed E-state index contributed by atoms with van der Waals surface area (Å²) >= 11 is 0. The molecule has 21 heavy (non-hydrogen) atoms. The van der Waals surface area contributed by atoms with Crippen LogP contribution < -0.4 is 5.32 Å². The second kappa shape index (κ2) is 6.87. The maximum Gasteiger partial charge on any atom is 0.281 e. The van der Waals surface area contributed by atoms with E-state index in [1.54, 1.807) is 25.0 Å². The molecule has 2 rings (SSSR count). The Balaban J connectivity index is 1.79. The van der Waals surface area contributed by atoms with Gasteiger partial charge in [-0.1, -0.05) is 0 Å². The van der Waals surface area contributed by atoms with E-state index < -0.39 is 10.2 Å². The lowest BCUT2D eigenvalue weighted by atomic mass is 10.4. The fraction of sp³-hybridized carbons (Fsp3) is 0.769. The third kappa shape index (κ3) is 4.77. The average molecular weight is 315 g/mol. The van der Waals surface area contributed by atoms with E-state index in [2.05, 4.69) is 10.4 Å². The van der Waals surface area contributed by atoms with Crippen LogP contribution in [0.5, 0.6) is 0 Å². The Morgan fingerprint density at radius 3 is 2.67 bits per heavy atom. The number of hydrogen-bond donors (Lipinski definition) is 1. The van der Waals surface area contributed by atoms with Crippen molar-refractivity contribution in [3.63, 3.8) is 0 Å². The van der Waals surface area contributed by atoms with E-state index in [0.29, 0.717) is 19.1 Å². The molecule has 8 heteroatoms. The number of aromatic nitrogens is 2. The van der Waals surface area contributed by atoms with Gasteiger partial charge >= 0.3 is 0 Å². The average Bonchev–Trinajstić information content (AvgIpc) is 3.16. The minimum Gasteiger partial charge on any atom is -0.314 e. The highest BCUT2D eigenvalue weighted by molar-refractivity contribution is 7.86. The number of rotatable bonds is 9. The first-order valence-electron chi connectivity index (χ1n) is 7.28. The van der Waals surface area contributed by atoms with Gasteiger partial charge in [0.15, 0.2) is 0 Å². The van der Waals surface area contributed by atoms with E-state index in [9.17, 15) is 8.42 Å². The molecule has 0 aromatic carbocycles. The molecule has 1 fully saturated rings. The maximum absolute atomic E-state index is 12.4. The number of nitrogens with zero attached hydrogens (tertiary/aromatic N) is 4. The van der Waals surface area contributed by atoms with Gasteiger partial charge in [0.2, 0.25) is 0 Å². The Kier molecular flexibility index (Phi) is 5.37. The fourth-order valence-electron chi connectivity index (χ4n) is 2.14. The molecule has 0 bridgehead atoms. The maximum atomic E-state index is 12.4. The highest BCUT2D eigenvalue weighted by atomic mass is 32.2. The Morgan fingerprint density at radius 2 is 2.10 bits per heavy atom. The molecule has 0 atom stereocenters. The van der Waals surface area contributed by atoms with Crippen LogP contribution >= 0.6 is 0 Å². The van der Waals surface area contributed by atoms with Gasteiger partial charge < -0.3 is 5.32 Å². The van der Waals surface area contributed by atoms with Crippen LogP contribution in [0.15, 0.2) is 12.4 Å². The van der Waals surface area contributed by atoms with Crippen molar-refractivity contribution in [1.82, 2.24) is 23.7 Å². The molecule has 0 saturated heterocycles. The first-order valence-corrected chi connectivity index (χ1v) is 8.68. The van der Waals surface area contributed by atoms with E-state index >= 15 is 0 Å². The van der Waals surface area contributed by atoms with Crippen LogP contribution in [0.4, 0.5) is 0 Å². The molecule has 0 aliphatic heterocycles. The molecule has 0 amide bonds. The van der Waals surface area contributed by atoms with Gasteiger partial charge in [-0.3, -0.25) is 4.68 Å². The third-order valence-corrected chi connectivity index (χ3v) is 5.50. The van der Waals surface area contributed by atoms with Crippen LogP contribution in [-0.4, -0.2) is 60.0 Å². The summed E-state index contributed by atoms with van der Waals surface area (Å²) in [4.78, 5) is 0. The van der Waals surface area contributed by atoms with Crippen molar-refractivity contribution >= 4 is 10.2 Å². The van der Waals surface area contributed by atoms with E-state index in [0.717, 1.165) is 18.5 Å². The molecule has 120 valence electrons. The minimum absolute atomic E-state index is 0.334. The summed E-state index contributed by atoms with van der Waals surface area (Å²) in [5.41, 5.74) is 0.882. The zero-order valence-corrected chi connectivity index (χ0v) is 13.8. The second-order valence-corrected chi connectivity index (χ2v) is 7.83. The molecule has 1 aliphatic carbocycles. The van der Waals surface area contributed by atoms with Crippen molar-refractivity contribution in [2.24, 2.45) is 7.05 Å². The highest BCUT2D eigenvalue weighted by Gasteiger charge is 2.24. The first-order chi connectivity index (χ1) is 9.89. The van der Waals surface area contributed by atoms with Gasteiger partial charge in [0.25, 0.3) is 10.2 Å². The van der Waals surface area contributed by atoms with Crippen molar-refractivity contribution in [1.29, 1.82) is 0 Å². The van der Waals surface area contributed by atoms with Crippen molar-refractivity contribution in [3.8, 4) is 0 Å². The summed E-state index contributed by atoms with van der Waals surface area (Å²) in [6, 6.07) is 0.667. The number of hydrogen-bond acceptors (Lipinski definition) is 4. The number of aryl methyl sites for hydroxylation is 1. The summed E-state index contributed by atoms with van der Waals surface area (Å²) in [6.07, 6.45) is 6.84. The van der Waals surface area contributed by atoms with Gasteiger partial charge in [-0.2, -0.15) is 22.1 Å². The monoisotopic (exact) mass is 315 g/mol. The Morgan fingerprint density at radius 1 is 1.38 bits per heavy atom. The molecule has 7 nitrogen and oxygen atoms in total. The second-order valence-electron chi connectivity index (χ2n) is 5.69. The predicted molar refractivity (Wildman–Crippen MR) is 81.9 cm³/mol. The topological polar surface area (TPSA) is 70.5 Å². The Bertz CT molecular complexity index is 553.